The van der Waals surface area contributed by atoms with Crippen molar-refractivity contribution in [2.24, 2.45) is 0 Å². The van der Waals surface area contributed by atoms with Crippen LogP contribution in [0, 0.1) is 0 Å². The predicted molar refractivity (Wildman–Crippen MR) is 275 cm³/mol. The number of benzene rings is 4. The third-order valence-electron chi connectivity index (χ3n) is 12.4. The summed E-state index contributed by atoms with van der Waals surface area (Å²) in [5, 5.41) is 31.3. The van der Waals surface area contributed by atoms with Gasteiger partial charge in [0.05, 0.1) is 24.6 Å². The normalized spacial score (nSPS) is 14.1. The highest BCUT2D eigenvalue weighted by Crippen LogP contribution is 2.53. The Morgan fingerprint density at radius 2 is 0.843 bits per heavy atom. The van der Waals surface area contributed by atoms with Gasteiger partial charge >= 0.3 is 15.2 Å². The predicted octanol–water partition coefficient (Wildman–Crippen LogP) is 11.3. The highest BCUT2D eigenvalue weighted by atomic mass is 31.2. The van der Waals surface area contributed by atoms with Gasteiger partial charge in [-0.05, 0) is 106 Å². The summed E-state index contributed by atoms with van der Waals surface area (Å²) in [5.74, 6) is -1.92. The van der Waals surface area contributed by atoms with Gasteiger partial charge in [0.25, 0.3) is 0 Å². The van der Waals surface area contributed by atoms with Crippen LogP contribution in [-0.4, -0.2) is 53.0 Å². The van der Waals surface area contributed by atoms with Gasteiger partial charge in [-0.3, -0.25) is 19.1 Å². The molecule has 6 aromatic rings. The van der Waals surface area contributed by atoms with E-state index in [1.54, 1.807) is 60.7 Å². The molecule has 2 aromatic heterocycles. The molecule has 2 atom stereocenters. The monoisotopic (exact) mass is 992 g/mol. The first-order chi connectivity index (χ1) is 32.9. The summed E-state index contributed by atoms with van der Waals surface area (Å²) < 4.78 is 39.7. The van der Waals surface area contributed by atoms with Gasteiger partial charge in [0.15, 0.2) is 11.6 Å². The lowest BCUT2D eigenvalue weighted by molar-refractivity contribution is 0.311. The average molecular weight is 993 g/mol. The van der Waals surface area contributed by atoms with Crippen LogP contribution in [0.15, 0.2) is 97.3 Å². The number of aromatic nitrogens is 2. The van der Waals surface area contributed by atoms with Crippen LogP contribution in [0.2, 0.25) is 0 Å². The first kappa shape index (κ1) is 52.1. The molecule has 372 valence electrons. The van der Waals surface area contributed by atoms with Crippen molar-refractivity contribution in [1.29, 1.82) is 0 Å². The summed E-state index contributed by atoms with van der Waals surface area (Å²) >= 11 is 0. The molecule has 0 radical (unpaired) electrons. The van der Waals surface area contributed by atoms with Gasteiger partial charge in [0.2, 0.25) is 0 Å². The molecule has 0 amide bonds. The maximum Gasteiger partial charge on any atom is 0.353 e. The highest BCUT2D eigenvalue weighted by Gasteiger charge is 2.34. The maximum absolute atomic E-state index is 13.2. The third-order valence-corrected chi connectivity index (χ3v) is 14.5. The standard InChI is InChI=1S/C54H66N4O10P2/c1-9-19-67-49-37-21-33-29-43(57-51(69(61,62)63)45-15-11-13-17-55-45)31-35(47(33)59)23-39-27-42(54(6,7)8)28-40(50(39)68-20-10-2)24-36-32-44(58-52(70(64,65)66)46-16-12-14-18-56-46)30-34(48(36)60)22-38(49)26-41(25-37)53(3,4)5/h11-18,25-32,51-52,57-60H,9-10,19-24H2,1-8H3,(H2,61,62,63)(H2,64,65,66). The number of phenols is 2. The molecule has 8 bridgehead atoms. The summed E-state index contributed by atoms with van der Waals surface area (Å²) in [7, 11) is -9.71. The Morgan fingerprint density at radius 3 is 1.09 bits per heavy atom. The van der Waals surface area contributed by atoms with Crippen molar-refractivity contribution >= 4 is 26.6 Å². The fourth-order valence-corrected chi connectivity index (χ4v) is 10.4. The van der Waals surface area contributed by atoms with Crippen LogP contribution in [0.3, 0.4) is 0 Å². The summed E-state index contributed by atoms with van der Waals surface area (Å²) in [5.41, 5.74) is 6.91. The molecule has 0 saturated heterocycles. The first-order valence-electron chi connectivity index (χ1n) is 23.7. The first-order valence-corrected chi connectivity index (χ1v) is 27.0. The molecule has 2 heterocycles. The largest absolute Gasteiger partial charge is 0.507 e. The number of rotatable bonds is 14. The van der Waals surface area contributed by atoms with E-state index in [9.17, 15) is 38.9 Å². The number of pyridine rings is 2. The van der Waals surface area contributed by atoms with Crippen molar-refractivity contribution in [3.05, 3.63) is 164 Å². The van der Waals surface area contributed by atoms with Crippen LogP contribution in [0.1, 0.15) is 147 Å². The average Bonchev–Trinajstić information content (AvgIpc) is 3.28. The van der Waals surface area contributed by atoms with Crippen LogP contribution in [0.25, 0.3) is 0 Å². The minimum atomic E-state index is -4.86. The Bertz CT molecular complexity index is 2630. The second kappa shape index (κ2) is 20.9. The van der Waals surface area contributed by atoms with Crippen LogP contribution >= 0.6 is 15.2 Å². The zero-order valence-corrected chi connectivity index (χ0v) is 42.9. The van der Waals surface area contributed by atoms with E-state index < -0.39 is 26.8 Å². The molecule has 0 spiro atoms. The van der Waals surface area contributed by atoms with Gasteiger partial charge < -0.3 is 49.9 Å². The van der Waals surface area contributed by atoms with E-state index in [-0.39, 0.29) is 59.4 Å². The van der Waals surface area contributed by atoms with E-state index in [0.29, 0.717) is 71.2 Å². The van der Waals surface area contributed by atoms with Crippen LogP contribution in [0.5, 0.6) is 23.0 Å². The van der Waals surface area contributed by atoms with Crippen LogP contribution in [0.4, 0.5) is 11.4 Å². The van der Waals surface area contributed by atoms with Gasteiger partial charge in [-0.1, -0.05) is 91.8 Å². The van der Waals surface area contributed by atoms with E-state index >= 15 is 0 Å². The summed E-state index contributed by atoms with van der Waals surface area (Å²) in [4.78, 5) is 51.6. The second-order valence-corrected chi connectivity index (χ2v) is 23.6. The van der Waals surface area contributed by atoms with E-state index in [2.05, 4.69) is 86.4 Å². The highest BCUT2D eigenvalue weighted by molar-refractivity contribution is 7.52. The summed E-state index contributed by atoms with van der Waals surface area (Å²) in [6, 6.07) is 24.8. The number of anilines is 2. The van der Waals surface area contributed by atoms with E-state index in [1.807, 2.05) is 13.8 Å². The van der Waals surface area contributed by atoms with Crippen molar-refractivity contribution in [3.8, 4) is 23.0 Å². The molecule has 16 heteroatoms. The Labute approximate surface area is 410 Å². The minimum Gasteiger partial charge on any atom is -0.507 e. The van der Waals surface area contributed by atoms with E-state index in [4.69, 9.17) is 9.47 Å². The SMILES string of the molecule is CCCOc1c2cc(C(C)(C)C)cc1Cc1cc(NC(c3ccccn3)P(=O)(O)O)cc(c1O)Cc1cc(C(C)(C)C)cc(c1OCCC)Cc1cc(NC(c3ccccn3)P(=O)(O)O)cc(c1O)C2. The number of aromatic hydroxyl groups is 2. The van der Waals surface area contributed by atoms with Gasteiger partial charge in [-0.25, -0.2) is 0 Å². The lowest BCUT2D eigenvalue weighted by atomic mass is 9.81. The van der Waals surface area contributed by atoms with Crippen molar-refractivity contribution in [2.45, 2.75) is 116 Å². The lowest BCUT2D eigenvalue weighted by Gasteiger charge is -2.27. The molecule has 1 aliphatic rings. The zero-order chi connectivity index (χ0) is 50.8. The summed E-state index contributed by atoms with van der Waals surface area (Å²) in [6.45, 7) is 17.2. The van der Waals surface area contributed by atoms with Gasteiger partial charge in [0, 0.05) is 71.7 Å². The van der Waals surface area contributed by atoms with Gasteiger partial charge in [-0.2, -0.15) is 0 Å². The fraction of sp³-hybridized carbons (Fsp3) is 0.370. The second-order valence-electron chi connectivity index (χ2n) is 20.2. The van der Waals surface area contributed by atoms with Crippen molar-refractivity contribution < 1.29 is 48.4 Å². The Balaban J connectivity index is 1.55. The topological polar surface area (TPSA) is 224 Å². The van der Waals surface area contributed by atoms with Crippen molar-refractivity contribution in [1.82, 2.24) is 9.97 Å². The quantitative estimate of drug-likeness (QED) is 0.0375. The number of fused-ring (bicyclic) bond motifs is 8. The van der Waals surface area contributed by atoms with Crippen molar-refractivity contribution in [3.63, 3.8) is 0 Å². The third kappa shape index (κ3) is 12.2. The minimum absolute atomic E-state index is 0.00242. The molecule has 0 aliphatic heterocycles. The lowest BCUT2D eigenvalue weighted by Crippen LogP contribution is -2.16. The molecule has 0 fully saturated rings. The van der Waals surface area contributed by atoms with Gasteiger partial charge in [0.1, 0.15) is 23.0 Å². The van der Waals surface area contributed by atoms with Crippen LogP contribution < -0.4 is 20.1 Å². The number of hydrogen-bond donors (Lipinski definition) is 8. The summed E-state index contributed by atoms with van der Waals surface area (Å²) in [6.07, 6.45) is 4.84. The maximum atomic E-state index is 13.2. The van der Waals surface area contributed by atoms with E-state index in [1.165, 1.54) is 12.4 Å². The molecule has 14 nitrogen and oxygen atoms in total. The number of nitrogens with zero attached hydrogens (tertiary/aromatic N) is 2. The molecule has 70 heavy (non-hydrogen) atoms. The number of phenolic OH excluding ortho intramolecular Hbond substituents is 2. The van der Waals surface area contributed by atoms with Crippen LogP contribution in [-0.2, 0) is 45.6 Å². The van der Waals surface area contributed by atoms with Crippen molar-refractivity contribution in [2.75, 3.05) is 23.8 Å². The fourth-order valence-electron chi connectivity index (χ4n) is 8.78. The molecule has 7 rings (SSSR count). The zero-order valence-electron chi connectivity index (χ0n) is 41.2. The molecule has 4 aromatic carbocycles. The van der Waals surface area contributed by atoms with E-state index in [0.717, 1.165) is 33.4 Å². The molecule has 2 unspecified atom stereocenters. The number of ether oxygens (including phenoxy) is 2. The Kier molecular flexibility index (Phi) is 15.6. The molecule has 8 N–H and O–H groups in total. The number of hydrogen-bond acceptors (Lipinski definition) is 10. The Morgan fingerprint density at radius 1 is 0.529 bits per heavy atom. The smallest absolute Gasteiger partial charge is 0.353 e. The molecular formula is C54H66N4O10P2. The Hall–Kier alpha value is -5.72. The molecule has 0 saturated carbocycles. The molecule has 1 aliphatic carbocycles. The van der Waals surface area contributed by atoms with Gasteiger partial charge in [-0.15, -0.1) is 0 Å². The molecular weight excluding hydrogens is 927 g/mol. The number of nitrogens with one attached hydrogen (secondary N) is 2.